The van der Waals surface area contributed by atoms with Gasteiger partial charge in [-0.15, -0.1) is 0 Å². The molecule has 6 nitrogen and oxygen atoms in total. The van der Waals surface area contributed by atoms with Crippen molar-refractivity contribution in [2.24, 2.45) is 0 Å². The van der Waals surface area contributed by atoms with Gasteiger partial charge in [0, 0.05) is 22.3 Å². The van der Waals surface area contributed by atoms with E-state index >= 15 is 0 Å². The number of hydrogen-bond acceptors (Lipinski definition) is 5. The molecule has 1 fully saturated rings. The number of rotatable bonds is 5. The van der Waals surface area contributed by atoms with Gasteiger partial charge < -0.3 is 5.32 Å². The van der Waals surface area contributed by atoms with Crippen LogP contribution in [0.1, 0.15) is 49.2 Å². The molecule has 1 aliphatic rings. The van der Waals surface area contributed by atoms with Gasteiger partial charge in [-0.25, -0.2) is 18.4 Å². The fourth-order valence-corrected chi connectivity index (χ4v) is 6.42. The Hall–Kier alpha value is -2.77. The molecule has 33 heavy (non-hydrogen) atoms. The number of nitrogens with zero attached hydrogens (tertiary/aromatic N) is 2. The number of amides is 1. The molecule has 0 aliphatic carbocycles. The third-order valence-corrected chi connectivity index (χ3v) is 8.05. The Morgan fingerprint density at radius 1 is 1.09 bits per heavy atom. The minimum absolute atomic E-state index is 0.0561. The summed E-state index contributed by atoms with van der Waals surface area (Å²) >= 11 is 6.07. The Labute approximate surface area is 199 Å². The summed E-state index contributed by atoms with van der Waals surface area (Å²) in [5, 5.41) is 3.59. The fourth-order valence-electron chi connectivity index (χ4n) is 4.20. The van der Waals surface area contributed by atoms with E-state index in [1.807, 2.05) is 30.3 Å². The second-order valence-electron chi connectivity index (χ2n) is 9.14. The molecule has 0 saturated carbocycles. The fraction of sp³-hybridized carbons (Fsp3) is 0.320. The highest BCUT2D eigenvalue weighted by Gasteiger charge is 2.39. The molecule has 1 N–H and O–H groups in total. The first kappa shape index (κ1) is 23.4. The summed E-state index contributed by atoms with van der Waals surface area (Å²) in [7, 11) is -3.15. The van der Waals surface area contributed by atoms with Crippen molar-refractivity contribution in [2.45, 2.75) is 38.6 Å². The van der Waals surface area contributed by atoms with Gasteiger partial charge in [0.05, 0.1) is 22.7 Å². The SMILES string of the molecule is CC(C)c1ncncc1-c1cc(C(=O)NC2(C)CCS(=O)(=O)C2)cc(-c2ccc(Cl)cc2)c1. The molecular weight excluding hydrogens is 458 g/mol. The Morgan fingerprint density at radius 2 is 1.79 bits per heavy atom. The summed E-state index contributed by atoms with van der Waals surface area (Å²) in [6.45, 7) is 5.90. The van der Waals surface area contributed by atoms with Gasteiger partial charge in [-0.2, -0.15) is 0 Å². The lowest BCUT2D eigenvalue weighted by Gasteiger charge is -2.24. The average Bonchev–Trinajstić information content (AvgIpc) is 3.06. The minimum Gasteiger partial charge on any atom is -0.346 e. The van der Waals surface area contributed by atoms with Crippen LogP contribution in [-0.4, -0.2) is 41.3 Å². The van der Waals surface area contributed by atoms with Crippen molar-refractivity contribution < 1.29 is 13.2 Å². The standard InChI is InChI=1S/C25H26ClN3O3S/c1-16(2)23-22(13-27-15-28-23)19-10-18(17-4-6-21(26)7-5-17)11-20(12-19)24(30)29-25(3)8-9-33(31,32)14-25/h4-7,10-13,15-16H,8-9,14H2,1-3H3,(H,29,30). The summed E-state index contributed by atoms with van der Waals surface area (Å²) < 4.78 is 24.0. The van der Waals surface area contributed by atoms with Crippen LogP contribution in [0.3, 0.4) is 0 Å². The highest BCUT2D eigenvalue weighted by atomic mass is 35.5. The number of sulfone groups is 1. The molecule has 1 atom stereocenters. The van der Waals surface area contributed by atoms with E-state index in [-0.39, 0.29) is 23.3 Å². The van der Waals surface area contributed by atoms with Crippen LogP contribution in [0.2, 0.25) is 5.02 Å². The lowest BCUT2D eigenvalue weighted by Crippen LogP contribution is -2.46. The number of carbonyl (C=O) groups excluding carboxylic acids is 1. The van der Waals surface area contributed by atoms with E-state index in [1.165, 1.54) is 6.33 Å². The average molecular weight is 484 g/mol. The van der Waals surface area contributed by atoms with E-state index in [4.69, 9.17) is 11.6 Å². The first-order valence-corrected chi connectivity index (χ1v) is 13.0. The van der Waals surface area contributed by atoms with Crippen molar-refractivity contribution in [3.05, 3.63) is 71.3 Å². The van der Waals surface area contributed by atoms with Gasteiger partial charge in [-0.3, -0.25) is 4.79 Å². The van der Waals surface area contributed by atoms with Crippen molar-refractivity contribution in [2.75, 3.05) is 11.5 Å². The van der Waals surface area contributed by atoms with Crippen LogP contribution in [0, 0.1) is 0 Å². The lowest BCUT2D eigenvalue weighted by atomic mass is 9.93. The van der Waals surface area contributed by atoms with Gasteiger partial charge in [0.1, 0.15) is 6.33 Å². The zero-order chi connectivity index (χ0) is 23.8. The minimum atomic E-state index is -3.15. The molecule has 8 heteroatoms. The zero-order valence-corrected chi connectivity index (χ0v) is 20.4. The molecule has 1 aliphatic heterocycles. The number of nitrogens with one attached hydrogen (secondary N) is 1. The number of halogens is 1. The van der Waals surface area contributed by atoms with Crippen molar-refractivity contribution in [1.29, 1.82) is 0 Å². The molecule has 1 amide bonds. The molecule has 172 valence electrons. The monoisotopic (exact) mass is 483 g/mol. The molecule has 2 heterocycles. The molecule has 2 aromatic carbocycles. The van der Waals surface area contributed by atoms with Crippen LogP contribution >= 0.6 is 11.6 Å². The number of aromatic nitrogens is 2. The lowest BCUT2D eigenvalue weighted by molar-refractivity contribution is 0.0915. The van der Waals surface area contributed by atoms with E-state index in [2.05, 4.69) is 29.1 Å². The maximum Gasteiger partial charge on any atom is 0.251 e. The van der Waals surface area contributed by atoms with Gasteiger partial charge in [0.15, 0.2) is 9.84 Å². The van der Waals surface area contributed by atoms with Crippen LogP contribution < -0.4 is 5.32 Å². The zero-order valence-electron chi connectivity index (χ0n) is 18.8. The molecule has 3 aromatic rings. The van der Waals surface area contributed by atoms with Gasteiger partial charge in [0.25, 0.3) is 5.91 Å². The van der Waals surface area contributed by atoms with E-state index in [1.54, 1.807) is 25.3 Å². The Kier molecular flexibility index (Phi) is 6.29. The first-order valence-electron chi connectivity index (χ1n) is 10.8. The third kappa shape index (κ3) is 5.25. The molecule has 4 rings (SSSR count). The molecule has 1 saturated heterocycles. The van der Waals surface area contributed by atoms with Crippen LogP contribution in [0.25, 0.3) is 22.3 Å². The molecule has 1 aromatic heterocycles. The van der Waals surface area contributed by atoms with Crippen molar-refractivity contribution in [3.8, 4) is 22.3 Å². The van der Waals surface area contributed by atoms with Gasteiger partial charge in [-0.05, 0) is 66.3 Å². The maximum absolute atomic E-state index is 13.3. The highest BCUT2D eigenvalue weighted by Crippen LogP contribution is 2.33. The third-order valence-electron chi connectivity index (χ3n) is 5.89. The number of benzene rings is 2. The predicted octanol–water partition coefficient (Wildman–Crippen LogP) is 4.89. The molecule has 0 spiro atoms. The normalized spacial score (nSPS) is 19.5. The summed E-state index contributed by atoms with van der Waals surface area (Å²) in [5.74, 6) is -0.116. The molecule has 1 unspecified atom stereocenters. The topological polar surface area (TPSA) is 89.0 Å². The number of carbonyl (C=O) groups is 1. The Balaban J connectivity index is 1.80. The van der Waals surface area contributed by atoms with Gasteiger partial charge in [-0.1, -0.05) is 37.6 Å². The molecule has 0 bridgehead atoms. The van der Waals surface area contributed by atoms with E-state index in [0.29, 0.717) is 17.0 Å². The van der Waals surface area contributed by atoms with Crippen molar-refractivity contribution in [3.63, 3.8) is 0 Å². The smallest absolute Gasteiger partial charge is 0.251 e. The van der Waals surface area contributed by atoms with Crippen LogP contribution in [0.4, 0.5) is 0 Å². The van der Waals surface area contributed by atoms with Gasteiger partial charge >= 0.3 is 0 Å². The van der Waals surface area contributed by atoms with Crippen LogP contribution in [0.5, 0.6) is 0 Å². The Morgan fingerprint density at radius 3 is 2.42 bits per heavy atom. The quantitative estimate of drug-likeness (QED) is 0.557. The number of hydrogen-bond donors (Lipinski definition) is 1. The summed E-state index contributed by atoms with van der Waals surface area (Å²) in [4.78, 5) is 22.0. The summed E-state index contributed by atoms with van der Waals surface area (Å²) in [6, 6.07) is 13.0. The van der Waals surface area contributed by atoms with E-state index in [9.17, 15) is 13.2 Å². The molecular formula is C25H26ClN3O3S. The first-order chi connectivity index (χ1) is 15.6. The second kappa shape index (κ2) is 8.88. The van der Waals surface area contributed by atoms with Crippen molar-refractivity contribution in [1.82, 2.24) is 15.3 Å². The second-order valence-corrected chi connectivity index (χ2v) is 11.8. The van der Waals surface area contributed by atoms with Crippen molar-refractivity contribution >= 4 is 27.3 Å². The van der Waals surface area contributed by atoms with Crippen LogP contribution in [-0.2, 0) is 9.84 Å². The molecule has 0 radical (unpaired) electrons. The summed E-state index contributed by atoms with van der Waals surface area (Å²) in [5.41, 5.74) is 3.98. The summed E-state index contributed by atoms with van der Waals surface area (Å²) in [6.07, 6.45) is 3.68. The largest absolute Gasteiger partial charge is 0.346 e. The van der Waals surface area contributed by atoms with E-state index in [0.717, 1.165) is 27.9 Å². The highest BCUT2D eigenvalue weighted by molar-refractivity contribution is 7.91. The van der Waals surface area contributed by atoms with Crippen LogP contribution in [0.15, 0.2) is 55.0 Å². The van der Waals surface area contributed by atoms with E-state index < -0.39 is 15.4 Å². The predicted molar refractivity (Wildman–Crippen MR) is 131 cm³/mol. The van der Waals surface area contributed by atoms with Gasteiger partial charge in [0.2, 0.25) is 0 Å². The Bertz CT molecular complexity index is 1310. The maximum atomic E-state index is 13.3.